The lowest BCUT2D eigenvalue weighted by Gasteiger charge is -2.11. The van der Waals surface area contributed by atoms with Gasteiger partial charge in [0.15, 0.2) is 0 Å². The second-order valence-electron chi connectivity index (χ2n) is 3.31. The quantitative estimate of drug-likeness (QED) is 0.681. The molecular formula is C10H13NO. The third-order valence-electron chi connectivity index (χ3n) is 2.37. The fourth-order valence-electron chi connectivity index (χ4n) is 1.62. The Morgan fingerprint density at radius 3 is 3.00 bits per heavy atom. The summed E-state index contributed by atoms with van der Waals surface area (Å²) in [7, 11) is 0. The summed E-state index contributed by atoms with van der Waals surface area (Å²) in [6, 6.07) is 8.29. The second-order valence-corrected chi connectivity index (χ2v) is 3.31. The van der Waals surface area contributed by atoms with Crippen LogP contribution in [0.15, 0.2) is 24.3 Å². The number of ether oxygens (including phenoxy) is 1. The molecule has 0 saturated carbocycles. The van der Waals surface area contributed by atoms with Gasteiger partial charge in [-0.05, 0) is 13.0 Å². The van der Waals surface area contributed by atoms with Gasteiger partial charge >= 0.3 is 0 Å². The molecule has 1 aromatic carbocycles. The molecule has 0 radical (unpaired) electrons. The summed E-state index contributed by atoms with van der Waals surface area (Å²) in [5, 5.41) is 0. The molecule has 2 N–H and O–H groups in total. The summed E-state index contributed by atoms with van der Waals surface area (Å²) >= 11 is 0. The first-order chi connectivity index (χ1) is 5.79. The number of hydrogen-bond acceptors (Lipinski definition) is 2. The lowest BCUT2D eigenvalue weighted by Crippen LogP contribution is -2.25. The van der Waals surface area contributed by atoms with E-state index in [9.17, 15) is 0 Å². The van der Waals surface area contributed by atoms with Gasteiger partial charge in [0.2, 0.25) is 0 Å². The Labute approximate surface area is 72.3 Å². The van der Waals surface area contributed by atoms with Crippen LogP contribution in [-0.4, -0.2) is 12.6 Å². The first-order valence-corrected chi connectivity index (χ1v) is 4.26. The van der Waals surface area contributed by atoms with E-state index >= 15 is 0 Å². The van der Waals surface area contributed by atoms with Crippen LogP contribution in [0, 0.1) is 0 Å². The van der Waals surface area contributed by atoms with Gasteiger partial charge < -0.3 is 10.5 Å². The van der Waals surface area contributed by atoms with Gasteiger partial charge in [0.05, 0.1) is 6.61 Å². The molecule has 0 saturated heterocycles. The molecule has 2 rings (SSSR count). The molecule has 2 nitrogen and oxygen atoms in total. The summed E-state index contributed by atoms with van der Waals surface area (Å²) in [5.41, 5.74) is 7.09. The molecule has 0 fully saturated rings. The molecule has 0 unspecified atom stereocenters. The lowest BCUT2D eigenvalue weighted by molar-refractivity contribution is 0.318. The maximum atomic E-state index is 5.83. The second kappa shape index (κ2) is 2.79. The minimum absolute atomic E-state index is 0.175. The van der Waals surface area contributed by atoms with Crippen LogP contribution in [0.3, 0.4) is 0 Å². The fraction of sp³-hybridized carbons (Fsp3) is 0.400. The van der Waals surface area contributed by atoms with Gasteiger partial charge in [-0.15, -0.1) is 0 Å². The predicted octanol–water partition coefficient (Wildman–Crippen LogP) is 1.51. The van der Waals surface area contributed by atoms with E-state index in [1.165, 1.54) is 5.56 Å². The van der Waals surface area contributed by atoms with Crippen LogP contribution in [0.5, 0.6) is 5.75 Å². The van der Waals surface area contributed by atoms with Crippen molar-refractivity contribution in [2.45, 2.75) is 18.9 Å². The smallest absolute Gasteiger partial charge is 0.122 e. The molecule has 0 bridgehead atoms. The normalized spacial score (nSPS) is 23.0. The average Bonchev–Trinajstić information content (AvgIpc) is 2.47. The molecular weight excluding hydrogens is 150 g/mol. The number of hydrogen-bond donors (Lipinski definition) is 1. The molecule has 1 aliphatic rings. The minimum Gasteiger partial charge on any atom is -0.493 e. The van der Waals surface area contributed by atoms with Crippen molar-refractivity contribution in [2.75, 3.05) is 6.61 Å². The van der Waals surface area contributed by atoms with Crippen LogP contribution in [0.4, 0.5) is 0 Å². The van der Waals surface area contributed by atoms with Crippen molar-refractivity contribution < 1.29 is 4.74 Å². The largest absolute Gasteiger partial charge is 0.493 e. The fourth-order valence-corrected chi connectivity index (χ4v) is 1.62. The van der Waals surface area contributed by atoms with Crippen molar-refractivity contribution in [2.24, 2.45) is 5.73 Å². The van der Waals surface area contributed by atoms with E-state index in [0.717, 1.165) is 12.4 Å². The predicted molar refractivity (Wildman–Crippen MR) is 48.3 cm³/mol. The van der Waals surface area contributed by atoms with Crippen molar-refractivity contribution in [3.8, 4) is 5.75 Å². The Bertz CT molecular complexity index is 283. The van der Waals surface area contributed by atoms with E-state index in [4.69, 9.17) is 10.5 Å². The third kappa shape index (κ3) is 1.08. The molecule has 64 valence electrons. The van der Waals surface area contributed by atoms with Crippen molar-refractivity contribution >= 4 is 0 Å². The van der Waals surface area contributed by atoms with Crippen LogP contribution in [-0.2, 0) is 0 Å². The highest BCUT2D eigenvalue weighted by Crippen LogP contribution is 2.34. The van der Waals surface area contributed by atoms with E-state index in [1.807, 2.05) is 25.1 Å². The van der Waals surface area contributed by atoms with Gasteiger partial charge in [-0.2, -0.15) is 0 Å². The lowest BCUT2D eigenvalue weighted by atomic mass is 9.95. The van der Waals surface area contributed by atoms with E-state index in [1.54, 1.807) is 0 Å². The molecule has 0 aromatic heterocycles. The first kappa shape index (κ1) is 7.62. The third-order valence-corrected chi connectivity index (χ3v) is 2.37. The number of rotatable bonds is 1. The highest BCUT2D eigenvalue weighted by Gasteiger charge is 2.26. The molecule has 2 heteroatoms. The Morgan fingerprint density at radius 2 is 2.25 bits per heavy atom. The Morgan fingerprint density at radius 1 is 1.50 bits per heavy atom. The topological polar surface area (TPSA) is 35.2 Å². The zero-order chi connectivity index (χ0) is 8.55. The van der Waals surface area contributed by atoms with Crippen LogP contribution in [0.2, 0.25) is 0 Å². The number of nitrogens with two attached hydrogens (primary N) is 1. The number of para-hydroxylation sites is 1. The molecule has 1 aromatic rings. The summed E-state index contributed by atoms with van der Waals surface area (Å²) in [6.45, 7) is 2.76. The molecule has 2 atom stereocenters. The van der Waals surface area contributed by atoms with Gasteiger partial charge in [0.1, 0.15) is 5.75 Å². The van der Waals surface area contributed by atoms with Crippen LogP contribution < -0.4 is 10.5 Å². The van der Waals surface area contributed by atoms with Crippen LogP contribution >= 0.6 is 0 Å². The summed E-state index contributed by atoms with van der Waals surface area (Å²) < 4.78 is 5.49. The zero-order valence-electron chi connectivity index (χ0n) is 7.16. The van der Waals surface area contributed by atoms with E-state index < -0.39 is 0 Å². The minimum atomic E-state index is 0.175. The Kier molecular flexibility index (Phi) is 1.77. The van der Waals surface area contributed by atoms with E-state index in [0.29, 0.717) is 5.92 Å². The standard InChI is InChI=1S/C10H13NO/c1-7(11)9-6-12-10-5-3-2-4-8(9)10/h2-5,7,9H,6,11H2,1H3/t7-,9-/m1/s1. The molecule has 12 heavy (non-hydrogen) atoms. The van der Waals surface area contributed by atoms with Gasteiger partial charge in [-0.3, -0.25) is 0 Å². The highest BCUT2D eigenvalue weighted by molar-refractivity contribution is 5.40. The van der Waals surface area contributed by atoms with E-state index in [-0.39, 0.29) is 6.04 Å². The summed E-state index contributed by atoms with van der Waals surface area (Å²) in [6.07, 6.45) is 0. The maximum absolute atomic E-state index is 5.83. The van der Waals surface area contributed by atoms with Gasteiger partial charge in [0.25, 0.3) is 0 Å². The van der Waals surface area contributed by atoms with Gasteiger partial charge in [-0.1, -0.05) is 18.2 Å². The van der Waals surface area contributed by atoms with Crippen molar-refractivity contribution in [3.63, 3.8) is 0 Å². The Balaban J connectivity index is 2.36. The van der Waals surface area contributed by atoms with Crippen molar-refractivity contribution in [1.82, 2.24) is 0 Å². The monoisotopic (exact) mass is 163 g/mol. The summed E-state index contributed by atoms with van der Waals surface area (Å²) in [4.78, 5) is 0. The van der Waals surface area contributed by atoms with Crippen molar-refractivity contribution in [3.05, 3.63) is 29.8 Å². The molecule has 1 heterocycles. The van der Waals surface area contributed by atoms with Crippen LogP contribution in [0.1, 0.15) is 18.4 Å². The average molecular weight is 163 g/mol. The van der Waals surface area contributed by atoms with E-state index in [2.05, 4.69) is 6.07 Å². The summed E-state index contributed by atoms with van der Waals surface area (Å²) in [5.74, 6) is 1.38. The van der Waals surface area contributed by atoms with Crippen LogP contribution in [0.25, 0.3) is 0 Å². The first-order valence-electron chi connectivity index (χ1n) is 4.26. The number of fused-ring (bicyclic) bond motifs is 1. The zero-order valence-corrected chi connectivity index (χ0v) is 7.16. The van der Waals surface area contributed by atoms with Gasteiger partial charge in [0, 0.05) is 17.5 Å². The molecule has 0 aliphatic carbocycles. The number of benzene rings is 1. The molecule has 1 aliphatic heterocycles. The SMILES string of the molecule is C[C@@H](N)[C@H]1COc2ccccc21. The molecule has 0 amide bonds. The molecule has 0 spiro atoms. The van der Waals surface area contributed by atoms with Gasteiger partial charge in [-0.25, -0.2) is 0 Å². The Hall–Kier alpha value is -1.02. The maximum Gasteiger partial charge on any atom is 0.122 e. The highest BCUT2D eigenvalue weighted by atomic mass is 16.5. The van der Waals surface area contributed by atoms with Crippen molar-refractivity contribution in [1.29, 1.82) is 0 Å².